The van der Waals surface area contributed by atoms with Crippen LogP contribution >= 0.6 is 0 Å². The molecule has 2 aliphatic heterocycles. The minimum Gasteiger partial charge on any atom is -0.491 e. The summed E-state index contributed by atoms with van der Waals surface area (Å²) in [5.74, 6) is 1.23. The molecule has 7 heteroatoms. The van der Waals surface area contributed by atoms with E-state index in [2.05, 4.69) is 27.3 Å². The van der Waals surface area contributed by atoms with Gasteiger partial charge in [-0.15, -0.1) is 0 Å². The Kier molecular flexibility index (Phi) is 10.00. The van der Waals surface area contributed by atoms with Gasteiger partial charge in [-0.25, -0.2) is 0 Å². The van der Waals surface area contributed by atoms with E-state index in [1.54, 1.807) is 12.3 Å². The molecule has 0 bridgehead atoms. The number of piperazine rings is 1. The van der Waals surface area contributed by atoms with Crippen molar-refractivity contribution in [2.24, 2.45) is 11.7 Å². The van der Waals surface area contributed by atoms with Gasteiger partial charge in [-0.1, -0.05) is 30.9 Å². The Labute approximate surface area is 197 Å². The van der Waals surface area contributed by atoms with Gasteiger partial charge in [0.15, 0.2) is 0 Å². The summed E-state index contributed by atoms with van der Waals surface area (Å²) >= 11 is 0. The van der Waals surface area contributed by atoms with Crippen LogP contribution in [0.5, 0.6) is 5.75 Å². The molecule has 2 heterocycles. The number of ether oxygens (including phenoxy) is 1. The van der Waals surface area contributed by atoms with Crippen LogP contribution in [0.2, 0.25) is 0 Å². The smallest absolute Gasteiger partial charge is 0.225 e. The third kappa shape index (κ3) is 7.74. The highest BCUT2D eigenvalue weighted by Crippen LogP contribution is 2.22. The van der Waals surface area contributed by atoms with Crippen molar-refractivity contribution >= 4 is 5.91 Å². The second-order valence-corrected chi connectivity index (χ2v) is 8.71. The number of carbonyl (C=O) groups is 1. The minimum atomic E-state index is 0.0122. The Morgan fingerprint density at radius 1 is 1.15 bits per heavy atom. The summed E-state index contributed by atoms with van der Waals surface area (Å²) < 4.78 is 5.51. The number of allylic oxidation sites excluding steroid dienone is 2. The van der Waals surface area contributed by atoms with E-state index in [1.807, 2.05) is 30.4 Å². The van der Waals surface area contributed by atoms with E-state index in [0.717, 1.165) is 76.5 Å². The fourth-order valence-electron chi connectivity index (χ4n) is 4.57. The normalized spacial score (nSPS) is 19.2. The zero-order valence-electron chi connectivity index (χ0n) is 19.6. The summed E-state index contributed by atoms with van der Waals surface area (Å²) in [6, 6.07) is 8.01. The van der Waals surface area contributed by atoms with Crippen molar-refractivity contribution in [3.8, 4) is 5.75 Å². The number of piperidine rings is 1. The summed E-state index contributed by atoms with van der Waals surface area (Å²) in [5.41, 5.74) is 7.87. The first kappa shape index (κ1) is 25.0. The van der Waals surface area contributed by atoms with Gasteiger partial charge in [-0.3, -0.25) is 14.6 Å². The van der Waals surface area contributed by atoms with E-state index in [9.17, 15) is 4.79 Å². The van der Waals surface area contributed by atoms with Crippen LogP contribution in [0.1, 0.15) is 18.4 Å². The van der Waals surface area contributed by atoms with Crippen LogP contribution < -0.4 is 10.5 Å². The summed E-state index contributed by atoms with van der Waals surface area (Å²) in [4.78, 5) is 19.9. The van der Waals surface area contributed by atoms with E-state index in [0.29, 0.717) is 12.5 Å². The van der Waals surface area contributed by atoms with Crippen molar-refractivity contribution in [2.45, 2.75) is 19.4 Å². The molecule has 180 valence electrons. The molecule has 0 saturated carbocycles. The third-order valence-corrected chi connectivity index (χ3v) is 6.33. The summed E-state index contributed by atoms with van der Waals surface area (Å²) in [7, 11) is 0. The highest BCUT2D eigenvalue weighted by molar-refractivity contribution is 5.79. The van der Waals surface area contributed by atoms with Crippen molar-refractivity contribution in [1.82, 2.24) is 14.7 Å². The first-order chi connectivity index (χ1) is 16.1. The van der Waals surface area contributed by atoms with E-state index < -0.39 is 0 Å². The van der Waals surface area contributed by atoms with Crippen LogP contribution in [0.4, 0.5) is 0 Å². The zero-order chi connectivity index (χ0) is 23.5. The molecule has 2 saturated heterocycles. The number of hydrogen-bond acceptors (Lipinski definition) is 6. The number of benzene rings is 1. The fourth-order valence-corrected chi connectivity index (χ4v) is 4.57. The molecule has 0 aliphatic carbocycles. The molecule has 0 atom stereocenters. The van der Waals surface area contributed by atoms with Gasteiger partial charge in [0.2, 0.25) is 5.91 Å². The Morgan fingerprint density at radius 3 is 2.58 bits per heavy atom. The van der Waals surface area contributed by atoms with Crippen LogP contribution in [-0.2, 0) is 11.3 Å². The van der Waals surface area contributed by atoms with Gasteiger partial charge in [-0.05, 0) is 61.5 Å². The van der Waals surface area contributed by atoms with Gasteiger partial charge in [0.1, 0.15) is 12.4 Å². The van der Waals surface area contributed by atoms with Crippen LogP contribution in [0.15, 0.2) is 60.8 Å². The highest BCUT2D eigenvalue weighted by atomic mass is 16.5. The molecular formula is C26H38N4O3. The van der Waals surface area contributed by atoms with Crippen molar-refractivity contribution in [2.75, 3.05) is 59.0 Å². The number of aliphatic hydroxyl groups excluding tert-OH is 1. The maximum atomic E-state index is 13.1. The molecular weight excluding hydrogens is 416 g/mol. The molecule has 7 nitrogen and oxygen atoms in total. The van der Waals surface area contributed by atoms with Crippen LogP contribution in [0.25, 0.3) is 0 Å². The second-order valence-electron chi connectivity index (χ2n) is 8.71. The molecule has 1 aromatic rings. The number of nitrogens with two attached hydrogens (primary N) is 1. The summed E-state index contributed by atoms with van der Waals surface area (Å²) in [5, 5.41) is 8.93. The van der Waals surface area contributed by atoms with E-state index >= 15 is 0 Å². The van der Waals surface area contributed by atoms with Crippen molar-refractivity contribution in [3.63, 3.8) is 0 Å². The largest absolute Gasteiger partial charge is 0.491 e. The molecule has 0 aromatic heterocycles. The van der Waals surface area contributed by atoms with Gasteiger partial charge in [0, 0.05) is 45.2 Å². The second kappa shape index (κ2) is 13.2. The SMILES string of the molecule is C=C/C=C(\C=C/N)CN1CCC(C(=O)N2CCN(Cc3cccc(OCCO)c3)CC2)CC1. The maximum Gasteiger partial charge on any atom is 0.225 e. The number of aliphatic hydroxyl groups is 1. The van der Waals surface area contributed by atoms with E-state index in [-0.39, 0.29) is 12.5 Å². The lowest BCUT2D eigenvalue weighted by Crippen LogP contribution is -2.51. The lowest BCUT2D eigenvalue weighted by molar-refractivity contribution is -0.138. The predicted molar refractivity (Wildman–Crippen MR) is 132 cm³/mol. The maximum absolute atomic E-state index is 13.1. The Morgan fingerprint density at radius 2 is 1.91 bits per heavy atom. The minimum absolute atomic E-state index is 0.0122. The number of likely N-dealkylation sites (tertiary alicyclic amines) is 1. The standard InChI is InChI=1S/C26H38N4O3/c1-2-4-22(7-10-27)20-28-11-8-24(9-12-28)26(32)30-15-13-29(14-16-30)21-23-5-3-6-25(19-23)33-18-17-31/h2-7,10,19,24,31H,1,8-9,11-18,20-21,27H2/b10-7-,22-4+. The average molecular weight is 455 g/mol. The topological polar surface area (TPSA) is 82.3 Å². The first-order valence-electron chi connectivity index (χ1n) is 11.9. The van der Waals surface area contributed by atoms with E-state index in [1.165, 1.54) is 5.56 Å². The summed E-state index contributed by atoms with van der Waals surface area (Å²) in [6.45, 7) is 11.0. The number of carbonyl (C=O) groups excluding carboxylic acids is 1. The predicted octanol–water partition coefficient (Wildman–Crippen LogP) is 2.00. The zero-order valence-corrected chi connectivity index (χ0v) is 19.6. The van der Waals surface area contributed by atoms with Crippen molar-refractivity contribution in [1.29, 1.82) is 0 Å². The number of rotatable bonds is 10. The van der Waals surface area contributed by atoms with Gasteiger partial charge in [0.25, 0.3) is 0 Å². The molecule has 3 N–H and O–H groups in total. The lowest BCUT2D eigenvalue weighted by Gasteiger charge is -2.38. The number of hydrogen-bond donors (Lipinski definition) is 2. The third-order valence-electron chi connectivity index (χ3n) is 6.33. The van der Waals surface area contributed by atoms with Crippen LogP contribution in [0.3, 0.4) is 0 Å². The molecule has 2 fully saturated rings. The molecule has 3 rings (SSSR count). The molecule has 0 unspecified atom stereocenters. The highest BCUT2D eigenvalue weighted by Gasteiger charge is 2.30. The first-order valence-corrected chi connectivity index (χ1v) is 11.9. The Bertz CT molecular complexity index is 823. The van der Waals surface area contributed by atoms with Gasteiger partial charge >= 0.3 is 0 Å². The average Bonchev–Trinajstić information content (AvgIpc) is 2.84. The Balaban J connectivity index is 1.42. The Hall–Kier alpha value is -2.61. The van der Waals surface area contributed by atoms with Crippen LogP contribution in [0, 0.1) is 5.92 Å². The summed E-state index contributed by atoms with van der Waals surface area (Å²) in [6.07, 6.45) is 9.07. The van der Waals surface area contributed by atoms with Gasteiger partial charge in [-0.2, -0.15) is 0 Å². The molecule has 2 aliphatic rings. The fraction of sp³-hybridized carbons (Fsp3) is 0.500. The van der Waals surface area contributed by atoms with Crippen LogP contribution in [-0.4, -0.2) is 84.7 Å². The van der Waals surface area contributed by atoms with Gasteiger partial charge in [0.05, 0.1) is 6.61 Å². The molecule has 33 heavy (non-hydrogen) atoms. The number of amides is 1. The van der Waals surface area contributed by atoms with E-state index in [4.69, 9.17) is 15.6 Å². The molecule has 1 amide bonds. The van der Waals surface area contributed by atoms with Gasteiger partial charge < -0.3 is 20.5 Å². The quantitative estimate of drug-likeness (QED) is 0.527. The monoisotopic (exact) mass is 454 g/mol. The molecule has 0 spiro atoms. The molecule has 0 radical (unpaired) electrons. The van der Waals surface area contributed by atoms with Crippen molar-refractivity contribution < 1.29 is 14.6 Å². The lowest BCUT2D eigenvalue weighted by atomic mass is 9.94. The number of nitrogens with zero attached hydrogens (tertiary/aromatic N) is 3. The molecule has 1 aromatic carbocycles. The van der Waals surface area contributed by atoms with Crippen molar-refractivity contribution in [3.05, 3.63) is 66.4 Å².